The molecule has 6 nitrogen and oxygen atoms in total. The molecule has 0 aliphatic carbocycles. The summed E-state index contributed by atoms with van der Waals surface area (Å²) in [7, 11) is 1.44. The van der Waals surface area contributed by atoms with Crippen LogP contribution in [0.15, 0.2) is 41.2 Å². The number of aromatic nitrogens is 3. The van der Waals surface area contributed by atoms with Gasteiger partial charge in [0.2, 0.25) is 5.91 Å². The molecule has 0 radical (unpaired) electrons. The first-order chi connectivity index (χ1) is 12.7. The molecule has 0 aliphatic heterocycles. The summed E-state index contributed by atoms with van der Waals surface area (Å²) in [6, 6.07) is 9.66. The Morgan fingerprint density at radius 1 is 1.22 bits per heavy atom. The number of alkyl halides is 3. The molecule has 0 spiro atoms. The third kappa shape index (κ3) is 3.71. The van der Waals surface area contributed by atoms with E-state index in [1.54, 1.807) is 0 Å². The van der Waals surface area contributed by atoms with Gasteiger partial charge in [-0.3, -0.25) is 18.8 Å². The molecule has 0 unspecified atom stereocenters. The molecule has 2 aromatic heterocycles. The lowest BCUT2D eigenvalue weighted by atomic mass is 10.1. The highest BCUT2D eigenvalue weighted by Gasteiger charge is 2.36. The fraction of sp³-hybridized carbons (Fsp3) is 0.278. The lowest BCUT2D eigenvalue weighted by Crippen LogP contribution is -2.33. The van der Waals surface area contributed by atoms with E-state index < -0.39 is 29.8 Å². The van der Waals surface area contributed by atoms with Crippen molar-refractivity contribution >= 4 is 16.9 Å². The molecule has 0 saturated carbocycles. The standard InChI is InChI=1S/C18H17F3N4O2/c1-11-16-13(18(19,20)21)8-15(27)25(17(16)24(2)23-11)10-14(26)22-9-12-6-4-3-5-7-12/h3-8H,9-10H2,1-2H3,(H,22,26). The molecule has 1 amide bonds. The molecular weight excluding hydrogens is 361 g/mol. The average molecular weight is 378 g/mol. The van der Waals surface area contributed by atoms with Gasteiger partial charge in [0.05, 0.1) is 16.6 Å². The first-order valence-electron chi connectivity index (χ1n) is 8.13. The number of aryl methyl sites for hydroxylation is 2. The molecule has 0 bridgehead atoms. The summed E-state index contributed by atoms with van der Waals surface area (Å²) in [5, 5.41) is 6.47. The highest BCUT2D eigenvalue weighted by atomic mass is 19.4. The van der Waals surface area contributed by atoms with Gasteiger partial charge in [0.15, 0.2) is 0 Å². The number of rotatable bonds is 4. The Bertz CT molecular complexity index is 1050. The highest BCUT2D eigenvalue weighted by Crippen LogP contribution is 2.35. The number of nitrogens with zero attached hydrogens (tertiary/aromatic N) is 3. The van der Waals surface area contributed by atoms with Crippen LogP contribution in [0.4, 0.5) is 13.2 Å². The van der Waals surface area contributed by atoms with Crippen molar-refractivity contribution in [1.29, 1.82) is 0 Å². The average Bonchev–Trinajstić information content (AvgIpc) is 2.89. The zero-order valence-corrected chi connectivity index (χ0v) is 14.7. The van der Waals surface area contributed by atoms with Gasteiger partial charge in [-0.1, -0.05) is 30.3 Å². The lowest BCUT2D eigenvalue weighted by Gasteiger charge is -2.13. The van der Waals surface area contributed by atoms with E-state index in [9.17, 15) is 22.8 Å². The van der Waals surface area contributed by atoms with Crippen molar-refractivity contribution in [3.05, 3.63) is 63.6 Å². The fourth-order valence-corrected chi connectivity index (χ4v) is 3.02. The number of carbonyl (C=O) groups excluding carboxylic acids is 1. The van der Waals surface area contributed by atoms with E-state index in [0.29, 0.717) is 6.07 Å². The summed E-state index contributed by atoms with van der Waals surface area (Å²) < 4.78 is 42.2. The smallest absolute Gasteiger partial charge is 0.350 e. The monoisotopic (exact) mass is 378 g/mol. The van der Waals surface area contributed by atoms with Crippen LogP contribution in [-0.2, 0) is 31.1 Å². The van der Waals surface area contributed by atoms with E-state index in [0.717, 1.165) is 10.1 Å². The minimum Gasteiger partial charge on any atom is -0.350 e. The fourth-order valence-electron chi connectivity index (χ4n) is 3.02. The molecule has 9 heteroatoms. The van der Waals surface area contributed by atoms with Gasteiger partial charge in [0, 0.05) is 19.7 Å². The van der Waals surface area contributed by atoms with Crippen molar-refractivity contribution in [2.24, 2.45) is 7.05 Å². The number of nitrogens with one attached hydrogen (secondary N) is 1. The number of carbonyl (C=O) groups is 1. The van der Waals surface area contributed by atoms with Crippen LogP contribution in [0.3, 0.4) is 0 Å². The summed E-state index contributed by atoms with van der Waals surface area (Å²) >= 11 is 0. The molecule has 27 heavy (non-hydrogen) atoms. The molecular formula is C18H17F3N4O2. The summed E-state index contributed by atoms with van der Waals surface area (Å²) in [4.78, 5) is 24.6. The zero-order chi connectivity index (χ0) is 19.8. The number of pyridine rings is 1. The van der Waals surface area contributed by atoms with Crippen LogP contribution in [0.25, 0.3) is 11.0 Å². The van der Waals surface area contributed by atoms with Crippen LogP contribution in [0, 0.1) is 6.92 Å². The second-order valence-electron chi connectivity index (χ2n) is 6.15. The van der Waals surface area contributed by atoms with Crippen LogP contribution in [0.5, 0.6) is 0 Å². The lowest BCUT2D eigenvalue weighted by molar-refractivity contribution is -0.136. The molecule has 1 aromatic carbocycles. The Morgan fingerprint density at radius 3 is 2.52 bits per heavy atom. The summed E-state index contributed by atoms with van der Waals surface area (Å²) in [6.07, 6.45) is -4.69. The Hall–Kier alpha value is -3.10. The molecule has 0 saturated heterocycles. The van der Waals surface area contributed by atoms with Gasteiger partial charge in [-0.25, -0.2) is 0 Å². The van der Waals surface area contributed by atoms with Crippen LogP contribution in [0.1, 0.15) is 16.8 Å². The van der Waals surface area contributed by atoms with Gasteiger partial charge >= 0.3 is 6.18 Å². The number of hydrogen-bond donors (Lipinski definition) is 1. The Kier molecular flexibility index (Phi) is 4.77. The van der Waals surface area contributed by atoms with Crippen LogP contribution < -0.4 is 10.9 Å². The molecule has 3 aromatic rings. The van der Waals surface area contributed by atoms with E-state index in [1.165, 1.54) is 18.7 Å². The molecule has 3 rings (SSSR count). The molecule has 1 N–H and O–H groups in total. The van der Waals surface area contributed by atoms with Crippen molar-refractivity contribution in [3.63, 3.8) is 0 Å². The highest BCUT2D eigenvalue weighted by molar-refractivity contribution is 5.85. The Balaban J connectivity index is 1.96. The maximum atomic E-state index is 13.3. The van der Waals surface area contributed by atoms with Crippen molar-refractivity contribution in [2.45, 2.75) is 26.2 Å². The Morgan fingerprint density at radius 2 is 1.89 bits per heavy atom. The molecule has 0 aliphatic rings. The number of benzene rings is 1. The van der Waals surface area contributed by atoms with Crippen molar-refractivity contribution < 1.29 is 18.0 Å². The zero-order valence-electron chi connectivity index (χ0n) is 14.7. The predicted molar refractivity (Wildman–Crippen MR) is 93.0 cm³/mol. The van der Waals surface area contributed by atoms with Crippen LogP contribution in [0.2, 0.25) is 0 Å². The van der Waals surface area contributed by atoms with E-state index >= 15 is 0 Å². The van der Waals surface area contributed by atoms with Crippen molar-refractivity contribution in [1.82, 2.24) is 19.7 Å². The number of hydrogen-bond acceptors (Lipinski definition) is 3. The Labute approximate surface area is 152 Å². The minimum absolute atomic E-state index is 0.0396. The molecule has 142 valence electrons. The van der Waals surface area contributed by atoms with Gasteiger partial charge in [-0.2, -0.15) is 18.3 Å². The number of halogens is 3. The molecule has 2 heterocycles. The maximum Gasteiger partial charge on any atom is 0.417 e. The van der Waals surface area contributed by atoms with Gasteiger partial charge in [-0.15, -0.1) is 0 Å². The number of fused-ring (bicyclic) bond motifs is 1. The maximum absolute atomic E-state index is 13.3. The van der Waals surface area contributed by atoms with Crippen molar-refractivity contribution in [3.8, 4) is 0 Å². The second kappa shape index (κ2) is 6.90. The summed E-state index contributed by atoms with van der Waals surface area (Å²) in [5.74, 6) is -0.485. The van der Waals surface area contributed by atoms with Gasteiger partial charge in [-0.05, 0) is 12.5 Å². The minimum atomic E-state index is -4.69. The third-order valence-electron chi connectivity index (χ3n) is 4.19. The van der Waals surface area contributed by atoms with E-state index in [2.05, 4.69) is 10.4 Å². The predicted octanol–water partition coefficient (Wildman–Crippen LogP) is 2.38. The first kappa shape index (κ1) is 18.7. The quantitative estimate of drug-likeness (QED) is 0.758. The summed E-state index contributed by atoms with van der Waals surface area (Å²) in [5.41, 5.74) is -0.991. The largest absolute Gasteiger partial charge is 0.417 e. The normalized spacial score (nSPS) is 11.7. The topological polar surface area (TPSA) is 68.9 Å². The van der Waals surface area contributed by atoms with Crippen molar-refractivity contribution in [2.75, 3.05) is 0 Å². The van der Waals surface area contributed by atoms with Crippen LogP contribution in [-0.4, -0.2) is 20.3 Å². The van der Waals surface area contributed by atoms with E-state index in [-0.39, 0.29) is 23.3 Å². The van der Waals surface area contributed by atoms with Gasteiger partial charge in [0.25, 0.3) is 5.56 Å². The third-order valence-corrected chi connectivity index (χ3v) is 4.19. The van der Waals surface area contributed by atoms with Crippen LogP contribution >= 0.6 is 0 Å². The first-order valence-corrected chi connectivity index (χ1v) is 8.13. The van der Waals surface area contributed by atoms with Gasteiger partial charge in [0.1, 0.15) is 12.2 Å². The molecule has 0 atom stereocenters. The molecule has 0 fully saturated rings. The number of amides is 1. The second-order valence-corrected chi connectivity index (χ2v) is 6.15. The SMILES string of the molecule is Cc1nn(C)c2c1c(C(F)(F)F)cc(=O)n2CC(=O)NCc1ccccc1. The summed E-state index contributed by atoms with van der Waals surface area (Å²) in [6.45, 7) is 1.28. The van der Waals surface area contributed by atoms with E-state index in [1.807, 2.05) is 30.3 Å². The van der Waals surface area contributed by atoms with Gasteiger partial charge < -0.3 is 5.32 Å². The van der Waals surface area contributed by atoms with E-state index in [4.69, 9.17) is 0 Å².